The largest absolute Gasteiger partial charge is 0.465 e. The highest BCUT2D eigenvalue weighted by atomic mass is 19.1. The van der Waals surface area contributed by atoms with E-state index in [9.17, 15) is 14.3 Å². The smallest absolute Gasteiger partial charge is 0.340 e. The summed E-state index contributed by atoms with van der Waals surface area (Å²) in [5.74, 6) is -1.08. The van der Waals surface area contributed by atoms with E-state index in [1.807, 2.05) is 4.90 Å². The number of nitrogen functional groups attached to an aromatic ring is 1. The lowest BCUT2D eigenvalue weighted by molar-refractivity contribution is 0.0602. The Kier molecular flexibility index (Phi) is 5.01. The molecule has 0 aliphatic heterocycles. The van der Waals surface area contributed by atoms with Crippen LogP contribution >= 0.6 is 0 Å². The molecule has 6 heteroatoms. The fraction of sp³-hybridized carbons (Fsp3) is 0.533. The van der Waals surface area contributed by atoms with Crippen LogP contribution in [-0.4, -0.2) is 37.4 Å². The van der Waals surface area contributed by atoms with Crippen LogP contribution in [0.25, 0.3) is 0 Å². The Hall–Kier alpha value is -1.82. The molecule has 0 amide bonds. The summed E-state index contributed by atoms with van der Waals surface area (Å²) in [6, 6.07) is 2.74. The Morgan fingerprint density at radius 1 is 1.48 bits per heavy atom. The van der Waals surface area contributed by atoms with Crippen LogP contribution in [0.1, 0.15) is 36.0 Å². The number of methoxy groups -OCH3 is 1. The van der Waals surface area contributed by atoms with Crippen molar-refractivity contribution >= 4 is 17.3 Å². The molecule has 0 heterocycles. The number of hydrogen-bond donors (Lipinski definition) is 2. The molecular weight excluding hydrogens is 275 g/mol. The Bertz CT molecular complexity index is 516. The van der Waals surface area contributed by atoms with Crippen molar-refractivity contribution in [2.24, 2.45) is 0 Å². The van der Waals surface area contributed by atoms with Gasteiger partial charge in [0.2, 0.25) is 0 Å². The van der Waals surface area contributed by atoms with Gasteiger partial charge in [-0.3, -0.25) is 0 Å². The van der Waals surface area contributed by atoms with Crippen molar-refractivity contribution in [1.29, 1.82) is 0 Å². The summed E-state index contributed by atoms with van der Waals surface area (Å²) in [5.41, 5.74) is 6.18. The number of carbonyl (C=O) groups is 1. The third-order valence-corrected chi connectivity index (χ3v) is 3.94. The molecule has 0 spiro atoms. The Labute approximate surface area is 123 Å². The van der Waals surface area contributed by atoms with E-state index in [2.05, 4.69) is 4.74 Å². The number of aliphatic hydroxyl groups is 1. The third kappa shape index (κ3) is 3.26. The summed E-state index contributed by atoms with van der Waals surface area (Å²) >= 11 is 0. The van der Waals surface area contributed by atoms with Crippen molar-refractivity contribution in [2.75, 3.05) is 30.9 Å². The number of nitrogens with zero attached hydrogens (tertiary/aromatic N) is 1. The molecule has 21 heavy (non-hydrogen) atoms. The fourth-order valence-corrected chi connectivity index (χ4v) is 2.91. The molecule has 0 atom stereocenters. The molecule has 5 nitrogen and oxygen atoms in total. The van der Waals surface area contributed by atoms with E-state index in [4.69, 9.17) is 5.73 Å². The minimum Gasteiger partial charge on any atom is -0.465 e. The third-order valence-electron chi connectivity index (χ3n) is 3.94. The monoisotopic (exact) mass is 296 g/mol. The standard InChI is InChI=1S/C15H21FN2O3/c1-21-15(20)11-8-14(12(16)9-13(11)17)18(6-7-19)10-4-2-3-5-10/h8-10,19H,2-7,17H2,1H3. The first-order valence-electron chi connectivity index (χ1n) is 7.13. The van der Waals surface area contributed by atoms with Gasteiger partial charge >= 0.3 is 5.97 Å². The van der Waals surface area contributed by atoms with E-state index in [1.54, 1.807) is 0 Å². The second-order valence-electron chi connectivity index (χ2n) is 5.24. The highest BCUT2D eigenvalue weighted by Gasteiger charge is 2.26. The van der Waals surface area contributed by atoms with Crippen molar-refractivity contribution in [3.8, 4) is 0 Å². The number of halogens is 1. The summed E-state index contributed by atoms with van der Waals surface area (Å²) in [7, 11) is 1.26. The highest BCUT2D eigenvalue weighted by Crippen LogP contribution is 2.32. The molecule has 0 aromatic heterocycles. The zero-order valence-corrected chi connectivity index (χ0v) is 12.1. The van der Waals surface area contributed by atoms with Gasteiger partial charge in [-0.1, -0.05) is 12.8 Å². The summed E-state index contributed by atoms with van der Waals surface area (Å²) in [6.07, 6.45) is 4.09. The number of rotatable bonds is 5. The van der Waals surface area contributed by atoms with Gasteiger partial charge in [-0.25, -0.2) is 9.18 Å². The van der Waals surface area contributed by atoms with Crippen molar-refractivity contribution in [3.05, 3.63) is 23.5 Å². The first-order chi connectivity index (χ1) is 10.1. The van der Waals surface area contributed by atoms with Gasteiger partial charge in [0.05, 0.1) is 25.0 Å². The molecule has 0 bridgehead atoms. The average molecular weight is 296 g/mol. The van der Waals surface area contributed by atoms with Crippen LogP contribution in [-0.2, 0) is 4.74 Å². The zero-order valence-electron chi connectivity index (χ0n) is 12.1. The van der Waals surface area contributed by atoms with E-state index in [0.29, 0.717) is 12.2 Å². The normalized spacial score (nSPS) is 15.2. The maximum atomic E-state index is 14.3. The SMILES string of the molecule is COC(=O)c1cc(N(CCO)C2CCCC2)c(F)cc1N. The molecule has 2 rings (SSSR count). The molecule has 1 aromatic carbocycles. The number of anilines is 2. The van der Waals surface area contributed by atoms with E-state index in [0.717, 1.165) is 31.7 Å². The van der Waals surface area contributed by atoms with Crippen molar-refractivity contribution in [2.45, 2.75) is 31.7 Å². The van der Waals surface area contributed by atoms with Gasteiger partial charge in [0, 0.05) is 18.3 Å². The predicted octanol–water partition coefficient (Wildman–Crippen LogP) is 1.94. The van der Waals surface area contributed by atoms with E-state index < -0.39 is 11.8 Å². The molecule has 1 aliphatic carbocycles. The van der Waals surface area contributed by atoms with Gasteiger partial charge in [-0.15, -0.1) is 0 Å². The van der Waals surface area contributed by atoms with Gasteiger partial charge in [0.15, 0.2) is 0 Å². The van der Waals surface area contributed by atoms with Crippen LogP contribution in [0.2, 0.25) is 0 Å². The molecule has 1 aliphatic rings. The van der Waals surface area contributed by atoms with Crippen molar-refractivity contribution in [3.63, 3.8) is 0 Å². The molecule has 1 aromatic rings. The van der Waals surface area contributed by atoms with Gasteiger partial charge in [0.1, 0.15) is 5.82 Å². The van der Waals surface area contributed by atoms with Gasteiger partial charge < -0.3 is 20.5 Å². The van der Waals surface area contributed by atoms with Crippen molar-refractivity contribution < 1.29 is 19.0 Å². The first kappa shape index (κ1) is 15.6. The Balaban J connectivity index is 2.41. The number of carbonyl (C=O) groups excluding carboxylic acids is 1. The second kappa shape index (κ2) is 6.76. The quantitative estimate of drug-likeness (QED) is 0.641. The van der Waals surface area contributed by atoms with Crippen molar-refractivity contribution in [1.82, 2.24) is 0 Å². The summed E-state index contributed by atoms with van der Waals surface area (Å²) in [4.78, 5) is 13.5. The number of nitrogens with two attached hydrogens (primary N) is 1. The summed E-state index contributed by atoms with van der Waals surface area (Å²) < 4.78 is 18.9. The minimum absolute atomic E-state index is 0.0541. The first-order valence-corrected chi connectivity index (χ1v) is 7.13. The summed E-state index contributed by atoms with van der Waals surface area (Å²) in [5, 5.41) is 9.25. The maximum absolute atomic E-state index is 14.3. The highest BCUT2D eigenvalue weighted by molar-refractivity contribution is 5.96. The molecule has 1 saturated carbocycles. The Morgan fingerprint density at radius 3 is 2.71 bits per heavy atom. The fourth-order valence-electron chi connectivity index (χ4n) is 2.91. The molecule has 0 unspecified atom stereocenters. The second-order valence-corrected chi connectivity index (χ2v) is 5.24. The van der Waals surface area contributed by atoms with Crippen LogP contribution in [0, 0.1) is 5.82 Å². The number of hydrogen-bond acceptors (Lipinski definition) is 5. The van der Waals surface area contributed by atoms with E-state index in [-0.39, 0.29) is 23.9 Å². The number of aliphatic hydroxyl groups excluding tert-OH is 1. The zero-order chi connectivity index (χ0) is 15.4. The van der Waals surface area contributed by atoms with Gasteiger partial charge in [0.25, 0.3) is 0 Å². The van der Waals surface area contributed by atoms with Gasteiger partial charge in [-0.2, -0.15) is 0 Å². The Morgan fingerprint density at radius 2 is 2.14 bits per heavy atom. The van der Waals surface area contributed by atoms with Crippen LogP contribution < -0.4 is 10.6 Å². The predicted molar refractivity (Wildman–Crippen MR) is 78.8 cm³/mol. The average Bonchev–Trinajstić information content (AvgIpc) is 2.98. The molecule has 116 valence electrons. The van der Waals surface area contributed by atoms with Crippen LogP contribution in [0.4, 0.5) is 15.8 Å². The number of esters is 1. The summed E-state index contributed by atoms with van der Waals surface area (Å²) in [6.45, 7) is 0.250. The van der Waals surface area contributed by atoms with E-state index >= 15 is 0 Å². The molecule has 0 radical (unpaired) electrons. The molecule has 0 saturated heterocycles. The molecule has 3 N–H and O–H groups in total. The number of ether oxygens (including phenoxy) is 1. The van der Waals surface area contributed by atoms with Crippen LogP contribution in [0.3, 0.4) is 0 Å². The lowest BCUT2D eigenvalue weighted by Crippen LogP contribution is -2.36. The molecular formula is C15H21FN2O3. The minimum atomic E-state index is -0.593. The van der Waals surface area contributed by atoms with Gasteiger partial charge in [-0.05, 0) is 25.0 Å². The van der Waals surface area contributed by atoms with Crippen LogP contribution in [0.15, 0.2) is 12.1 Å². The van der Waals surface area contributed by atoms with Crippen LogP contribution in [0.5, 0.6) is 0 Å². The maximum Gasteiger partial charge on any atom is 0.340 e. The molecule has 1 fully saturated rings. The topological polar surface area (TPSA) is 75.8 Å². The van der Waals surface area contributed by atoms with E-state index in [1.165, 1.54) is 13.2 Å². The lowest BCUT2D eigenvalue weighted by Gasteiger charge is -2.31. The lowest BCUT2D eigenvalue weighted by atomic mass is 10.1. The number of benzene rings is 1.